The van der Waals surface area contributed by atoms with Gasteiger partial charge in [-0.05, 0) is 52.9 Å². The summed E-state index contributed by atoms with van der Waals surface area (Å²) in [5, 5.41) is 0. The standard InChI is InChI=1S/C24H20O3/c1-17-20(9-8-18-4-2-5-19(14-18)16-25)6-3-7-22(17)21-10-11-23-24(15-21)27-13-12-26-23/h2-11,14-16H,12-13H2,1H3/b9-8+. The highest BCUT2D eigenvalue weighted by molar-refractivity contribution is 5.80. The fourth-order valence-electron chi connectivity index (χ4n) is 3.28. The number of fused-ring (bicyclic) bond motifs is 1. The van der Waals surface area contributed by atoms with Crippen LogP contribution >= 0.6 is 0 Å². The molecule has 3 aromatic carbocycles. The molecule has 3 aromatic rings. The molecule has 0 amide bonds. The van der Waals surface area contributed by atoms with Crippen LogP contribution in [0, 0.1) is 6.92 Å². The van der Waals surface area contributed by atoms with Gasteiger partial charge < -0.3 is 9.47 Å². The fraction of sp³-hybridized carbons (Fsp3) is 0.125. The predicted molar refractivity (Wildman–Crippen MR) is 108 cm³/mol. The van der Waals surface area contributed by atoms with Crippen LogP contribution in [0.15, 0.2) is 60.7 Å². The molecule has 1 aliphatic rings. The van der Waals surface area contributed by atoms with E-state index in [1.165, 1.54) is 5.56 Å². The highest BCUT2D eigenvalue weighted by Crippen LogP contribution is 2.36. The van der Waals surface area contributed by atoms with E-state index in [2.05, 4.69) is 37.3 Å². The first-order chi connectivity index (χ1) is 13.2. The number of hydrogen-bond donors (Lipinski definition) is 0. The van der Waals surface area contributed by atoms with Crippen LogP contribution in [0.2, 0.25) is 0 Å². The Labute approximate surface area is 158 Å². The van der Waals surface area contributed by atoms with E-state index in [4.69, 9.17) is 9.47 Å². The first-order valence-corrected chi connectivity index (χ1v) is 8.97. The smallest absolute Gasteiger partial charge is 0.161 e. The lowest BCUT2D eigenvalue weighted by Crippen LogP contribution is -2.15. The number of carbonyl (C=O) groups excluding carboxylic acids is 1. The van der Waals surface area contributed by atoms with Gasteiger partial charge >= 0.3 is 0 Å². The van der Waals surface area contributed by atoms with Crippen LogP contribution in [0.3, 0.4) is 0 Å². The third-order valence-corrected chi connectivity index (χ3v) is 4.73. The molecular weight excluding hydrogens is 336 g/mol. The SMILES string of the molecule is Cc1c(/C=C/c2cccc(C=O)c2)cccc1-c1ccc2c(c1)OCCO2. The number of ether oxygens (including phenoxy) is 2. The van der Waals surface area contributed by atoms with Crippen molar-refractivity contribution in [2.45, 2.75) is 6.92 Å². The molecule has 0 radical (unpaired) electrons. The summed E-state index contributed by atoms with van der Waals surface area (Å²) < 4.78 is 11.3. The first kappa shape index (κ1) is 17.1. The lowest BCUT2D eigenvalue weighted by molar-refractivity contribution is 0.112. The zero-order valence-corrected chi connectivity index (χ0v) is 15.1. The van der Waals surface area contributed by atoms with Crippen LogP contribution in [0.25, 0.3) is 23.3 Å². The van der Waals surface area contributed by atoms with Crippen LogP contribution < -0.4 is 9.47 Å². The first-order valence-electron chi connectivity index (χ1n) is 8.97. The molecular formula is C24H20O3. The highest BCUT2D eigenvalue weighted by Gasteiger charge is 2.13. The van der Waals surface area contributed by atoms with Crippen molar-refractivity contribution in [3.8, 4) is 22.6 Å². The maximum Gasteiger partial charge on any atom is 0.161 e. The zero-order chi connectivity index (χ0) is 18.6. The number of carbonyl (C=O) groups is 1. The second kappa shape index (κ2) is 7.50. The van der Waals surface area contributed by atoms with E-state index in [9.17, 15) is 4.79 Å². The summed E-state index contributed by atoms with van der Waals surface area (Å²) in [7, 11) is 0. The van der Waals surface area contributed by atoms with Crippen LogP contribution in [0.5, 0.6) is 11.5 Å². The van der Waals surface area contributed by atoms with E-state index in [0.717, 1.165) is 40.0 Å². The van der Waals surface area contributed by atoms with Crippen molar-refractivity contribution in [2.75, 3.05) is 13.2 Å². The number of aldehydes is 1. The van der Waals surface area contributed by atoms with Gasteiger partial charge in [0.05, 0.1) is 0 Å². The Morgan fingerprint density at radius 1 is 0.815 bits per heavy atom. The second-order valence-corrected chi connectivity index (χ2v) is 6.50. The molecule has 0 saturated carbocycles. The summed E-state index contributed by atoms with van der Waals surface area (Å²) in [6.07, 6.45) is 4.98. The van der Waals surface area contributed by atoms with Gasteiger partial charge in [-0.2, -0.15) is 0 Å². The van der Waals surface area contributed by atoms with Gasteiger partial charge in [-0.1, -0.05) is 54.6 Å². The molecule has 134 valence electrons. The Morgan fingerprint density at radius 3 is 2.44 bits per heavy atom. The Hall–Kier alpha value is -3.33. The van der Waals surface area contributed by atoms with E-state index < -0.39 is 0 Å². The van der Waals surface area contributed by atoms with Gasteiger partial charge in [0.25, 0.3) is 0 Å². The van der Waals surface area contributed by atoms with Crippen molar-refractivity contribution in [1.82, 2.24) is 0 Å². The Bertz CT molecular complexity index is 1020. The molecule has 0 N–H and O–H groups in total. The van der Waals surface area contributed by atoms with Crippen molar-refractivity contribution in [1.29, 1.82) is 0 Å². The minimum Gasteiger partial charge on any atom is -0.486 e. The Morgan fingerprint density at radius 2 is 1.59 bits per heavy atom. The van der Waals surface area contributed by atoms with Gasteiger partial charge in [0.2, 0.25) is 0 Å². The van der Waals surface area contributed by atoms with Gasteiger partial charge in [0.15, 0.2) is 11.5 Å². The molecule has 4 rings (SSSR count). The summed E-state index contributed by atoms with van der Waals surface area (Å²) in [5.41, 5.74) is 6.28. The summed E-state index contributed by atoms with van der Waals surface area (Å²) in [5.74, 6) is 1.60. The number of hydrogen-bond acceptors (Lipinski definition) is 3. The molecule has 0 spiro atoms. The van der Waals surface area contributed by atoms with Crippen molar-refractivity contribution in [2.24, 2.45) is 0 Å². The average Bonchev–Trinajstić information content (AvgIpc) is 2.73. The zero-order valence-electron chi connectivity index (χ0n) is 15.1. The fourth-order valence-corrected chi connectivity index (χ4v) is 3.28. The molecule has 1 aliphatic heterocycles. The van der Waals surface area contributed by atoms with Gasteiger partial charge in [0, 0.05) is 5.56 Å². The third-order valence-electron chi connectivity index (χ3n) is 4.73. The van der Waals surface area contributed by atoms with Crippen molar-refractivity contribution >= 4 is 18.4 Å². The lowest BCUT2D eigenvalue weighted by Gasteiger charge is -2.19. The normalized spacial score (nSPS) is 12.9. The summed E-state index contributed by atoms with van der Waals surface area (Å²) in [6, 6.07) is 19.9. The van der Waals surface area contributed by atoms with Crippen molar-refractivity contribution < 1.29 is 14.3 Å². The van der Waals surface area contributed by atoms with Crippen LogP contribution in [0.1, 0.15) is 27.0 Å². The summed E-state index contributed by atoms with van der Waals surface area (Å²) in [4.78, 5) is 10.9. The minimum absolute atomic E-state index is 0.581. The van der Waals surface area contributed by atoms with Crippen LogP contribution in [0.4, 0.5) is 0 Å². The number of benzene rings is 3. The minimum atomic E-state index is 0.581. The van der Waals surface area contributed by atoms with Crippen LogP contribution in [-0.4, -0.2) is 19.5 Å². The lowest BCUT2D eigenvalue weighted by atomic mass is 9.95. The summed E-state index contributed by atoms with van der Waals surface area (Å²) >= 11 is 0. The molecule has 0 aromatic heterocycles. The molecule has 1 heterocycles. The summed E-state index contributed by atoms with van der Waals surface area (Å²) in [6.45, 7) is 3.29. The largest absolute Gasteiger partial charge is 0.486 e. The van der Waals surface area contributed by atoms with Gasteiger partial charge in [0.1, 0.15) is 19.5 Å². The highest BCUT2D eigenvalue weighted by atomic mass is 16.6. The van der Waals surface area contributed by atoms with E-state index in [-0.39, 0.29) is 0 Å². The third kappa shape index (κ3) is 3.63. The van der Waals surface area contributed by atoms with Crippen molar-refractivity contribution in [3.63, 3.8) is 0 Å². The monoisotopic (exact) mass is 356 g/mol. The molecule has 3 nitrogen and oxygen atoms in total. The molecule has 0 saturated heterocycles. The average molecular weight is 356 g/mol. The molecule has 0 aliphatic carbocycles. The molecule has 3 heteroatoms. The maximum absolute atomic E-state index is 10.9. The van der Waals surface area contributed by atoms with Gasteiger partial charge in [-0.15, -0.1) is 0 Å². The van der Waals surface area contributed by atoms with E-state index >= 15 is 0 Å². The van der Waals surface area contributed by atoms with E-state index in [0.29, 0.717) is 18.8 Å². The topological polar surface area (TPSA) is 35.5 Å². The predicted octanol–water partition coefficient (Wildman–Crippen LogP) is 5.42. The quantitative estimate of drug-likeness (QED) is 0.463. The van der Waals surface area contributed by atoms with E-state index in [1.807, 2.05) is 36.4 Å². The van der Waals surface area contributed by atoms with Gasteiger partial charge in [-0.3, -0.25) is 4.79 Å². The molecule has 0 fully saturated rings. The van der Waals surface area contributed by atoms with Crippen molar-refractivity contribution in [3.05, 3.63) is 82.9 Å². The number of rotatable bonds is 4. The van der Waals surface area contributed by atoms with E-state index in [1.54, 1.807) is 6.07 Å². The Kier molecular flexibility index (Phi) is 4.75. The molecule has 0 unspecified atom stereocenters. The van der Waals surface area contributed by atoms with Gasteiger partial charge in [-0.25, -0.2) is 0 Å². The molecule has 0 atom stereocenters. The van der Waals surface area contributed by atoms with Crippen LogP contribution in [-0.2, 0) is 0 Å². The Balaban J connectivity index is 1.67. The second-order valence-electron chi connectivity index (χ2n) is 6.50. The maximum atomic E-state index is 10.9. The molecule has 0 bridgehead atoms. The molecule has 27 heavy (non-hydrogen) atoms.